The van der Waals surface area contributed by atoms with Gasteiger partial charge in [-0.3, -0.25) is 9.59 Å². The van der Waals surface area contributed by atoms with Crippen molar-refractivity contribution in [3.05, 3.63) is 192 Å². The molecule has 2 unspecified atom stereocenters. The van der Waals surface area contributed by atoms with E-state index in [-0.39, 0.29) is 34.5 Å². The summed E-state index contributed by atoms with van der Waals surface area (Å²) in [6.07, 6.45) is 1.57. The quantitative estimate of drug-likeness (QED) is 0.169. The van der Waals surface area contributed by atoms with Crippen LogP contribution in [0.1, 0.15) is 35.1 Å². The molecule has 0 saturated heterocycles. The highest BCUT2D eigenvalue weighted by Gasteiger charge is 2.61. The van der Waals surface area contributed by atoms with Crippen LogP contribution < -0.4 is 10.6 Å². The Morgan fingerprint density at radius 3 is 0.938 bits per heavy atom. The third-order valence-electron chi connectivity index (χ3n) is 10.3. The molecule has 2 aliphatic rings. The maximum Gasteiger partial charge on any atom is 0.228 e. The number of benzene rings is 6. The molecule has 8 rings (SSSR count). The van der Waals surface area contributed by atoms with Gasteiger partial charge in [0.2, 0.25) is 11.8 Å². The van der Waals surface area contributed by atoms with Crippen molar-refractivity contribution in [3.63, 3.8) is 0 Å². The van der Waals surface area contributed by atoms with E-state index in [0.29, 0.717) is 0 Å². The van der Waals surface area contributed by atoms with Crippen LogP contribution in [0.3, 0.4) is 0 Å². The van der Waals surface area contributed by atoms with Gasteiger partial charge in [-0.15, -0.1) is 0 Å². The van der Waals surface area contributed by atoms with Crippen LogP contribution in [0.25, 0.3) is 11.1 Å². The van der Waals surface area contributed by atoms with E-state index in [1.54, 1.807) is 0 Å². The largest absolute Gasteiger partial charge is 0.326 e. The summed E-state index contributed by atoms with van der Waals surface area (Å²) >= 11 is 0. The number of amides is 2. The number of nitrogens with one attached hydrogen (secondary N) is 2. The SMILES string of the molecule is O=C(Nc1ccc(-c2ccc(NC(=O)C3CC3(c3ccccc3)c3ccccc3)cc2)cc1)C1CC1(c1ccccc1)c1ccccc1. The van der Waals surface area contributed by atoms with Crippen molar-refractivity contribution in [1.82, 2.24) is 0 Å². The predicted molar refractivity (Wildman–Crippen MR) is 193 cm³/mol. The lowest BCUT2D eigenvalue weighted by Crippen LogP contribution is -2.22. The van der Waals surface area contributed by atoms with E-state index in [4.69, 9.17) is 0 Å². The van der Waals surface area contributed by atoms with Crippen LogP contribution in [-0.2, 0) is 20.4 Å². The first-order valence-electron chi connectivity index (χ1n) is 16.6. The molecule has 2 saturated carbocycles. The lowest BCUT2D eigenvalue weighted by molar-refractivity contribution is -0.118. The summed E-state index contributed by atoms with van der Waals surface area (Å²) in [4.78, 5) is 27.1. The number of rotatable bonds is 9. The number of hydrogen-bond acceptors (Lipinski definition) is 2. The predicted octanol–water partition coefficient (Wildman–Crippen LogP) is 9.24. The maximum atomic E-state index is 13.5. The summed E-state index contributed by atoms with van der Waals surface area (Å²) in [7, 11) is 0. The van der Waals surface area contributed by atoms with E-state index in [2.05, 4.69) is 59.2 Å². The summed E-state index contributed by atoms with van der Waals surface area (Å²) in [5.74, 6) is -0.193. The van der Waals surface area contributed by atoms with Crippen LogP contribution in [0.5, 0.6) is 0 Å². The van der Waals surface area contributed by atoms with Gasteiger partial charge in [0.05, 0.1) is 11.8 Å². The summed E-state index contributed by atoms with van der Waals surface area (Å²) in [5.41, 5.74) is 7.74. The molecule has 0 bridgehead atoms. The molecule has 234 valence electrons. The number of carbonyl (C=O) groups excluding carboxylic acids is 2. The molecule has 0 aromatic heterocycles. The van der Waals surface area contributed by atoms with Crippen LogP contribution in [0.4, 0.5) is 11.4 Å². The average Bonchev–Trinajstić information content (AvgIpc) is 4.08. The van der Waals surface area contributed by atoms with E-state index in [0.717, 1.165) is 35.3 Å². The molecule has 6 aromatic carbocycles. The number of anilines is 2. The molecule has 0 aliphatic heterocycles. The standard InChI is InChI=1S/C44H36N2O2/c47-41(39-29-43(39,33-13-5-1-6-14-33)34-15-7-2-8-16-34)45-37-25-21-31(22-26-37)32-23-27-38(28-24-32)46-42(48)40-30-44(40,35-17-9-3-10-18-35)36-19-11-4-12-20-36/h1-28,39-40H,29-30H2,(H,45,47)(H,46,48). The third kappa shape index (κ3) is 5.29. The molecule has 0 radical (unpaired) electrons. The molecule has 4 nitrogen and oxygen atoms in total. The van der Waals surface area contributed by atoms with Gasteiger partial charge in [0.25, 0.3) is 0 Å². The van der Waals surface area contributed by atoms with Gasteiger partial charge >= 0.3 is 0 Å². The zero-order valence-corrected chi connectivity index (χ0v) is 26.6. The Morgan fingerprint density at radius 1 is 0.396 bits per heavy atom. The monoisotopic (exact) mass is 624 g/mol. The van der Waals surface area contributed by atoms with Gasteiger partial charge < -0.3 is 10.6 Å². The normalized spacial score (nSPS) is 18.3. The van der Waals surface area contributed by atoms with Gasteiger partial charge in [0.1, 0.15) is 0 Å². The molecule has 6 aromatic rings. The molecule has 2 N–H and O–H groups in total. The molecule has 2 atom stereocenters. The van der Waals surface area contributed by atoms with Gasteiger partial charge in [0, 0.05) is 22.2 Å². The van der Waals surface area contributed by atoms with Crippen molar-refractivity contribution in [1.29, 1.82) is 0 Å². The fraction of sp³-hybridized carbons (Fsp3) is 0.136. The van der Waals surface area contributed by atoms with Crippen molar-refractivity contribution in [2.45, 2.75) is 23.7 Å². The molecule has 2 amide bonds. The minimum absolute atomic E-state index is 0.0368. The minimum Gasteiger partial charge on any atom is -0.326 e. The smallest absolute Gasteiger partial charge is 0.228 e. The topological polar surface area (TPSA) is 58.2 Å². The molecular weight excluding hydrogens is 588 g/mol. The van der Waals surface area contributed by atoms with E-state index >= 15 is 0 Å². The van der Waals surface area contributed by atoms with Crippen LogP contribution in [0.2, 0.25) is 0 Å². The first-order valence-corrected chi connectivity index (χ1v) is 16.6. The summed E-state index contributed by atoms with van der Waals surface area (Å²) in [6, 6.07) is 57.3. The zero-order valence-electron chi connectivity index (χ0n) is 26.6. The van der Waals surface area contributed by atoms with Gasteiger partial charge in [-0.25, -0.2) is 0 Å². The van der Waals surface area contributed by atoms with Crippen molar-refractivity contribution in [3.8, 4) is 11.1 Å². The first-order chi connectivity index (χ1) is 23.6. The second-order valence-electron chi connectivity index (χ2n) is 13.1. The number of hydrogen-bond donors (Lipinski definition) is 2. The highest BCUT2D eigenvalue weighted by Crippen LogP contribution is 2.60. The van der Waals surface area contributed by atoms with E-state index in [9.17, 15) is 9.59 Å². The van der Waals surface area contributed by atoms with Crippen LogP contribution in [-0.4, -0.2) is 11.8 Å². The van der Waals surface area contributed by atoms with Crippen molar-refractivity contribution < 1.29 is 9.59 Å². The van der Waals surface area contributed by atoms with Crippen LogP contribution in [0, 0.1) is 11.8 Å². The lowest BCUT2D eigenvalue weighted by atomic mass is 9.85. The highest BCUT2D eigenvalue weighted by molar-refractivity contribution is 5.98. The third-order valence-corrected chi connectivity index (χ3v) is 10.3. The van der Waals surface area contributed by atoms with Crippen LogP contribution in [0.15, 0.2) is 170 Å². The van der Waals surface area contributed by atoms with Gasteiger partial charge in [-0.2, -0.15) is 0 Å². The Kier molecular flexibility index (Phi) is 7.49. The van der Waals surface area contributed by atoms with E-state index in [1.807, 2.05) is 121 Å². The molecule has 2 aliphatic carbocycles. The second-order valence-corrected chi connectivity index (χ2v) is 13.1. The molecule has 0 spiro atoms. The fourth-order valence-corrected chi connectivity index (χ4v) is 7.66. The Morgan fingerprint density at radius 2 is 0.667 bits per heavy atom. The molecule has 48 heavy (non-hydrogen) atoms. The van der Waals surface area contributed by atoms with Crippen molar-refractivity contribution >= 4 is 23.2 Å². The Hall–Kier alpha value is -5.74. The van der Waals surface area contributed by atoms with Crippen LogP contribution >= 0.6 is 0 Å². The second kappa shape index (κ2) is 12.1. The Labute approximate surface area is 281 Å². The van der Waals surface area contributed by atoms with Crippen molar-refractivity contribution in [2.75, 3.05) is 10.6 Å². The Bertz CT molecular complexity index is 1810. The molecule has 4 heteroatoms. The van der Waals surface area contributed by atoms with E-state index < -0.39 is 0 Å². The van der Waals surface area contributed by atoms with Crippen molar-refractivity contribution in [2.24, 2.45) is 11.8 Å². The summed E-state index contributed by atoms with van der Waals surface area (Å²) < 4.78 is 0. The molecule has 2 fully saturated rings. The minimum atomic E-state index is -0.298. The number of carbonyl (C=O) groups is 2. The average molecular weight is 625 g/mol. The van der Waals surface area contributed by atoms with E-state index in [1.165, 1.54) is 22.3 Å². The van der Waals surface area contributed by atoms with Gasteiger partial charge in [-0.05, 0) is 70.5 Å². The summed E-state index contributed by atoms with van der Waals surface area (Å²) in [5, 5.41) is 6.34. The highest BCUT2D eigenvalue weighted by atomic mass is 16.2. The fourth-order valence-electron chi connectivity index (χ4n) is 7.66. The van der Waals surface area contributed by atoms with Gasteiger partial charge in [0.15, 0.2) is 0 Å². The molecular formula is C44H36N2O2. The zero-order chi connectivity index (χ0) is 32.6. The molecule has 0 heterocycles. The first kappa shape index (κ1) is 29.6. The maximum absolute atomic E-state index is 13.5. The van der Waals surface area contributed by atoms with Gasteiger partial charge in [-0.1, -0.05) is 146 Å². The lowest BCUT2D eigenvalue weighted by Gasteiger charge is -2.19. The summed E-state index contributed by atoms with van der Waals surface area (Å²) in [6.45, 7) is 0. The Balaban J connectivity index is 0.927.